The fourth-order valence-corrected chi connectivity index (χ4v) is 2.60. The Labute approximate surface area is 127 Å². The summed E-state index contributed by atoms with van der Waals surface area (Å²) in [7, 11) is 0. The van der Waals surface area contributed by atoms with E-state index in [2.05, 4.69) is 91.6 Å². The third-order valence-corrected chi connectivity index (χ3v) is 3.86. The fraction of sp³-hybridized carbons (Fsp3) is 0.200. The van der Waals surface area contributed by atoms with Crippen LogP contribution in [0.15, 0.2) is 78.5 Å². The van der Waals surface area contributed by atoms with E-state index in [1.807, 2.05) is 0 Å². The predicted octanol–water partition coefficient (Wildman–Crippen LogP) is 5.61. The molecule has 1 heteroatoms. The van der Waals surface area contributed by atoms with Crippen LogP contribution in [0.5, 0.6) is 0 Å². The molecule has 3 rings (SSSR count). The van der Waals surface area contributed by atoms with Gasteiger partial charge in [-0.1, -0.05) is 55.0 Å². The second-order valence-corrected chi connectivity index (χ2v) is 5.71. The van der Waals surface area contributed by atoms with Crippen LogP contribution in [0.3, 0.4) is 0 Å². The Bertz CT molecular complexity index is 650. The normalized spacial score (nSPS) is 17.4. The first-order valence-electron chi connectivity index (χ1n) is 7.54. The van der Waals surface area contributed by atoms with Crippen molar-refractivity contribution in [3.05, 3.63) is 84.1 Å². The number of rotatable bonds is 3. The molecule has 0 aliphatic heterocycles. The molecule has 1 atom stereocenters. The van der Waals surface area contributed by atoms with Crippen molar-refractivity contribution in [3.8, 4) is 0 Å². The molecule has 1 nitrogen and oxygen atoms in total. The topological polar surface area (TPSA) is 3.24 Å². The van der Waals surface area contributed by atoms with Crippen LogP contribution in [0.2, 0.25) is 0 Å². The maximum absolute atomic E-state index is 2.33. The van der Waals surface area contributed by atoms with Crippen molar-refractivity contribution in [1.82, 2.24) is 0 Å². The molecule has 0 aromatic heterocycles. The standard InChI is InChI=1S/C20H21N/c1-16-8-12-19(13-9-16)21(18-6-4-3-5-7-18)20-14-10-17(2)11-15-20/h3-10,12-15,17H,11H2,1-2H3/t17-/m0/s1. The monoisotopic (exact) mass is 275 g/mol. The summed E-state index contributed by atoms with van der Waals surface area (Å²) in [5, 5.41) is 0. The van der Waals surface area contributed by atoms with Crippen molar-refractivity contribution < 1.29 is 0 Å². The maximum atomic E-state index is 2.33. The van der Waals surface area contributed by atoms with E-state index in [-0.39, 0.29) is 0 Å². The molecule has 2 aromatic rings. The third kappa shape index (κ3) is 3.08. The van der Waals surface area contributed by atoms with Crippen molar-refractivity contribution in [2.75, 3.05) is 4.90 Å². The number of para-hydroxylation sites is 1. The predicted molar refractivity (Wildman–Crippen MR) is 90.8 cm³/mol. The van der Waals surface area contributed by atoms with Crippen LogP contribution in [0.1, 0.15) is 18.9 Å². The fourth-order valence-electron chi connectivity index (χ4n) is 2.60. The van der Waals surface area contributed by atoms with Crippen LogP contribution >= 0.6 is 0 Å². The first kappa shape index (κ1) is 13.7. The molecule has 0 heterocycles. The molecule has 0 fully saturated rings. The lowest BCUT2D eigenvalue weighted by molar-refractivity contribution is 0.728. The summed E-state index contributed by atoms with van der Waals surface area (Å²) in [4.78, 5) is 2.32. The second kappa shape index (κ2) is 6.01. The van der Waals surface area contributed by atoms with Gasteiger partial charge in [0.05, 0.1) is 0 Å². The number of aryl methyl sites for hydroxylation is 1. The molecule has 1 aliphatic carbocycles. The molecule has 0 unspecified atom stereocenters. The Balaban J connectivity index is 2.03. The molecule has 0 N–H and O–H groups in total. The molecule has 0 saturated carbocycles. The highest BCUT2D eigenvalue weighted by Crippen LogP contribution is 2.32. The summed E-state index contributed by atoms with van der Waals surface area (Å²) in [6.45, 7) is 4.38. The average Bonchev–Trinajstić information content (AvgIpc) is 2.52. The molecule has 21 heavy (non-hydrogen) atoms. The number of benzene rings is 2. The van der Waals surface area contributed by atoms with Crippen molar-refractivity contribution in [2.24, 2.45) is 5.92 Å². The zero-order valence-electron chi connectivity index (χ0n) is 12.7. The highest BCUT2D eigenvalue weighted by atomic mass is 15.1. The Morgan fingerprint density at radius 3 is 2.19 bits per heavy atom. The Morgan fingerprint density at radius 2 is 1.57 bits per heavy atom. The lowest BCUT2D eigenvalue weighted by Crippen LogP contribution is -2.17. The highest BCUT2D eigenvalue weighted by Gasteiger charge is 2.15. The number of nitrogens with zero attached hydrogens (tertiary/aromatic N) is 1. The highest BCUT2D eigenvalue weighted by molar-refractivity contribution is 5.70. The summed E-state index contributed by atoms with van der Waals surface area (Å²) in [5.41, 5.74) is 4.95. The molecule has 0 amide bonds. The number of allylic oxidation sites excluding steroid dienone is 3. The second-order valence-electron chi connectivity index (χ2n) is 5.71. The van der Waals surface area contributed by atoms with Gasteiger partial charge in [0.2, 0.25) is 0 Å². The van der Waals surface area contributed by atoms with E-state index in [0.29, 0.717) is 5.92 Å². The first-order chi connectivity index (χ1) is 10.2. The van der Waals surface area contributed by atoms with Crippen LogP contribution in [0.4, 0.5) is 11.4 Å². The van der Waals surface area contributed by atoms with E-state index < -0.39 is 0 Å². The zero-order chi connectivity index (χ0) is 14.7. The van der Waals surface area contributed by atoms with Crippen LogP contribution in [-0.4, -0.2) is 0 Å². The lowest BCUT2D eigenvalue weighted by atomic mass is 10.0. The minimum atomic E-state index is 0.629. The molecule has 0 bridgehead atoms. The van der Waals surface area contributed by atoms with Gasteiger partial charge in [0.15, 0.2) is 0 Å². The smallest absolute Gasteiger partial charge is 0.0461 e. The molecular weight excluding hydrogens is 254 g/mol. The SMILES string of the molecule is Cc1ccc(N(C2=CC[C@@H](C)C=C2)c2ccccc2)cc1. The largest absolute Gasteiger partial charge is 0.311 e. The van der Waals surface area contributed by atoms with Gasteiger partial charge in [-0.3, -0.25) is 0 Å². The zero-order valence-corrected chi connectivity index (χ0v) is 12.7. The first-order valence-corrected chi connectivity index (χ1v) is 7.54. The minimum Gasteiger partial charge on any atom is -0.311 e. The van der Waals surface area contributed by atoms with Gasteiger partial charge in [-0.15, -0.1) is 0 Å². The van der Waals surface area contributed by atoms with Gasteiger partial charge in [0.25, 0.3) is 0 Å². The minimum absolute atomic E-state index is 0.629. The Kier molecular flexibility index (Phi) is 3.92. The van der Waals surface area contributed by atoms with Crippen molar-refractivity contribution in [2.45, 2.75) is 20.3 Å². The van der Waals surface area contributed by atoms with Gasteiger partial charge in [-0.25, -0.2) is 0 Å². The van der Waals surface area contributed by atoms with Gasteiger partial charge in [-0.2, -0.15) is 0 Å². The average molecular weight is 275 g/mol. The van der Waals surface area contributed by atoms with Gasteiger partial charge >= 0.3 is 0 Å². The van der Waals surface area contributed by atoms with E-state index in [1.165, 1.54) is 22.6 Å². The van der Waals surface area contributed by atoms with Gasteiger partial charge in [-0.05, 0) is 49.6 Å². The van der Waals surface area contributed by atoms with Crippen molar-refractivity contribution in [1.29, 1.82) is 0 Å². The number of hydrogen-bond acceptors (Lipinski definition) is 1. The van der Waals surface area contributed by atoms with Crippen molar-refractivity contribution >= 4 is 11.4 Å². The lowest BCUT2D eigenvalue weighted by Gasteiger charge is -2.28. The van der Waals surface area contributed by atoms with E-state index in [9.17, 15) is 0 Å². The summed E-state index contributed by atoms with van der Waals surface area (Å²) in [5.74, 6) is 0.629. The van der Waals surface area contributed by atoms with E-state index in [1.54, 1.807) is 0 Å². The molecule has 0 radical (unpaired) electrons. The summed E-state index contributed by atoms with van der Waals surface area (Å²) in [6.07, 6.45) is 7.96. The van der Waals surface area contributed by atoms with Gasteiger partial charge < -0.3 is 4.90 Å². The van der Waals surface area contributed by atoms with E-state index in [0.717, 1.165) is 6.42 Å². The Morgan fingerprint density at radius 1 is 0.905 bits per heavy atom. The third-order valence-electron chi connectivity index (χ3n) is 3.86. The maximum Gasteiger partial charge on any atom is 0.0461 e. The van der Waals surface area contributed by atoms with Crippen LogP contribution in [0, 0.1) is 12.8 Å². The Hall–Kier alpha value is -2.28. The van der Waals surface area contributed by atoms with Gasteiger partial charge in [0, 0.05) is 17.1 Å². The summed E-state index contributed by atoms with van der Waals surface area (Å²) in [6, 6.07) is 19.3. The summed E-state index contributed by atoms with van der Waals surface area (Å²) >= 11 is 0. The van der Waals surface area contributed by atoms with Crippen LogP contribution < -0.4 is 4.90 Å². The molecule has 106 valence electrons. The van der Waals surface area contributed by atoms with Crippen LogP contribution in [0.25, 0.3) is 0 Å². The van der Waals surface area contributed by atoms with Crippen molar-refractivity contribution in [3.63, 3.8) is 0 Å². The van der Waals surface area contributed by atoms with E-state index >= 15 is 0 Å². The quantitative estimate of drug-likeness (QED) is 0.703. The van der Waals surface area contributed by atoms with Gasteiger partial charge in [0.1, 0.15) is 0 Å². The molecule has 2 aromatic carbocycles. The molecule has 0 saturated heterocycles. The van der Waals surface area contributed by atoms with Crippen LogP contribution in [-0.2, 0) is 0 Å². The number of anilines is 2. The molecule has 0 spiro atoms. The van der Waals surface area contributed by atoms with E-state index in [4.69, 9.17) is 0 Å². The molecule has 1 aliphatic rings. The molecular formula is C20H21N. The summed E-state index contributed by atoms with van der Waals surface area (Å²) < 4.78 is 0. The number of hydrogen-bond donors (Lipinski definition) is 0.